The van der Waals surface area contributed by atoms with E-state index in [0.29, 0.717) is 11.8 Å². The maximum Gasteiger partial charge on any atom is 0.329 e. The van der Waals surface area contributed by atoms with Gasteiger partial charge in [-0.15, -0.1) is 0 Å². The normalized spacial score (nSPS) is 12.7. The van der Waals surface area contributed by atoms with Gasteiger partial charge in [-0.05, 0) is 97.2 Å². The quantitative estimate of drug-likeness (QED) is 0.365. The molecule has 2 aromatic carbocycles. The predicted molar refractivity (Wildman–Crippen MR) is 144 cm³/mol. The van der Waals surface area contributed by atoms with Crippen molar-refractivity contribution < 1.29 is 9.53 Å². The summed E-state index contributed by atoms with van der Waals surface area (Å²) >= 11 is 1.34. The monoisotopic (exact) mass is 490 g/mol. The number of carbonyl (C=O) groups is 1. The third-order valence-corrected chi connectivity index (χ3v) is 7.04. The van der Waals surface area contributed by atoms with E-state index >= 15 is 0 Å². The Balaban J connectivity index is 1.54. The number of ether oxygens (including phenoxy) is 1. The van der Waals surface area contributed by atoms with Crippen LogP contribution in [0.2, 0.25) is 0 Å². The second kappa shape index (κ2) is 11.1. The Hall–Kier alpha value is -3.03. The summed E-state index contributed by atoms with van der Waals surface area (Å²) in [5.74, 6) is 0.998. The van der Waals surface area contributed by atoms with E-state index in [-0.39, 0.29) is 6.03 Å². The first-order valence-electron chi connectivity index (χ1n) is 12.0. The molecule has 4 rings (SSSR count). The van der Waals surface area contributed by atoms with Crippen molar-refractivity contribution in [1.82, 2.24) is 14.6 Å². The molecule has 0 radical (unpaired) electrons. The number of urea groups is 1. The average Bonchev–Trinajstić information content (AvgIpc) is 3.32. The molecular weight excluding hydrogens is 456 g/mol. The van der Waals surface area contributed by atoms with Crippen LogP contribution in [0.4, 0.5) is 10.5 Å². The summed E-state index contributed by atoms with van der Waals surface area (Å²) in [6.45, 7) is 5.28. The van der Waals surface area contributed by atoms with Gasteiger partial charge in [-0.1, -0.05) is 32.0 Å². The Labute approximate surface area is 212 Å². The lowest BCUT2D eigenvalue weighted by Gasteiger charge is -2.18. The lowest BCUT2D eigenvalue weighted by atomic mass is 9.97. The fourth-order valence-electron chi connectivity index (χ4n) is 4.67. The van der Waals surface area contributed by atoms with Crippen LogP contribution < -0.4 is 14.8 Å². The van der Waals surface area contributed by atoms with Gasteiger partial charge in [0.2, 0.25) is 5.88 Å². The molecule has 1 aliphatic rings. The highest BCUT2D eigenvalue weighted by molar-refractivity contribution is 7.98. The van der Waals surface area contributed by atoms with Gasteiger partial charge in [0.1, 0.15) is 0 Å². The summed E-state index contributed by atoms with van der Waals surface area (Å²) in [5, 5.41) is 3.15. The zero-order chi connectivity index (χ0) is 24.9. The molecule has 35 heavy (non-hydrogen) atoms. The first-order chi connectivity index (χ1) is 16.9. The van der Waals surface area contributed by atoms with Gasteiger partial charge in [0.05, 0.1) is 12.8 Å². The first kappa shape index (κ1) is 25.1. The minimum Gasteiger partial charge on any atom is -0.481 e. The van der Waals surface area contributed by atoms with Crippen molar-refractivity contribution >= 4 is 23.7 Å². The molecule has 0 atom stereocenters. The summed E-state index contributed by atoms with van der Waals surface area (Å²) in [4.78, 5) is 20.4. The van der Waals surface area contributed by atoms with Crippen molar-refractivity contribution in [1.29, 1.82) is 0 Å². The maximum absolute atomic E-state index is 13.0. The Kier molecular flexibility index (Phi) is 7.98. The van der Waals surface area contributed by atoms with E-state index in [2.05, 4.69) is 78.2 Å². The molecule has 0 unspecified atom stereocenters. The number of hydrogen-bond acceptors (Lipinski definition) is 5. The lowest BCUT2D eigenvalue weighted by molar-refractivity contribution is 0.257. The number of benzene rings is 2. The van der Waals surface area contributed by atoms with Gasteiger partial charge in [-0.2, -0.15) is 0 Å². The SMILES string of the molecule is COc1cc(-c2ccc3c(c2NC(=O)NSc2ccc(C(C)C)c(CN(C)C)c2)CCC3)ccn1. The van der Waals surface area contributed by atoms with E-state index < -0.39 is 0 Å². The van der Waals surface area contributed by atoms with Gasteiger partial charge >= 0.3 is 6.03 Å². The number of rotatable bonds is 8. The van der Waals surface area contributed by atoms with Crippen LogP contribution in [0.5, 0.6) is 5.88 Å². The molecule has 184 valence electrons. The van der Waals surface area contributed by atoms with Crippen LogP contribution in [0.1, 0.15) is 48.4 Å². The number of pyridine rings is 1. The number of aryl methyl sites for hydroxylation is 1. The minimum atomic E-state index is -0.236. The fraction of sp³-hybridized carbons (Fsp3) is 0.357. The molecule has 1 heterocycles. The van der Waals surface area contributed by atoms with Crippen LogP contribution in [0, 0.1) is 0 Å². The second-order valence-corrected chi connectivity index (χ2v) is 10.4. The number of aromatic nitrogens is 1. The minimum absolute atomic E-state index is 0.236. The maximum atomic E-state index is 13.0. The van der Waals surface area contributed by atoms with Crippen LogP contribution in [-0.4, -0.2) is 37.1 Å². The first-order valence-corrected chi connectivity index (χ1v) is 12.8. The van der Waals surface area contributed by atoms with Crippen molar-refractivity contribution in [2.75, 3.05) is 26.5 Å². The Morgan fingerprint density at radius 2 is 1.97 bits per heavy atom. The second-order valence-electron chi connectivity index (χ2n) is 9.48. The van der Waals surface area contributed by atoms with Gasteiger partial charge in [-0.3, -0.25) is 4.72 Å². The molecule has 2 amide bonds. The fourth-order valence-corrected chi connectivity index (χ4v) is 5.27. The molecule has 7 heteroatoms. The summed E-state index contributed by atoms with van der Waals surface area (Å²) in [7, 11) is 5.75. The van der Waals surface area contributed by atoms with Crippen LogP contribution in [0.3, 0.4) is 0 Å². The van der Waals surface area contributed by atoms with Crippen molar-refractivity contribution in [3.63, 3.8) is 0 Å². The van der Waals surface area contributed by atoms with Crippen molar-refractivity contribution in [3.05, 3.63) is 70.9 Å². The number of anilines is 1. The predicted octanol–water partition coefficient (Wildman–Crippen LogP) is 6.26. The van der Waals surface area contributed by atoms with E-state index in [1.807, 2.05) is 12.1 Å². The van der Waals surface area contributed by atoms with Gasteiger partial charge in [0.15, 0.2) is 0 Å². The summed E-state index contributed by atoms with van der Waals surface area (Å²) in [5.41, 5.74) is 7.95. The molecule has 0 saturated carbocycles. The zero-order valence-corrected chi connectivity index (χ0v) is 22.0. The summed E-state index contributed by atoms with van der Waals surface area (Å²) in [6, 6.07) is 14.3. The smallest absolute Gasteiger partial charge is 0.329 e. The van der Waals surface area contributed by atoms with Crippen LogP contribution in [-0.2, 0) is 19.4 Å². The number of nitrogens with one attached hydrogen (secondary N) is 2. The van der Waals surface area contributed by atoms with E-state index in [1.165, 1.54) is 34.2 Å². The number of methoxy groups -OCH3 is 1. The Morgan fingerprint density at radius 1 is 1.14 bits per heavy atom. The number of carbonyl (C=O) groups excluding carboxylic acids is 1. The number of amides is 2. The molecule has 0 spiro atoms. The van der Waals surface area contributed by atoms with Crippen LogP contribution in [0.25, 0.3) is 11.1 Å². The van der Waals surface area contributed by atoms with Crippen LogP contribution >= 0.6 is 11.9 Å². The third kappa shape index (κ3) is 5.97. The van der Waals surface area contributed by atoms with E-state index in [9.17, 15) is 4.79 Å². The molecule has 0 bridgehead atoms. The molecule has 6 nitrogen and oxygen atoms in total. The van der Waals surface area contributed by atoms with Crippen LogP contribution in [0.15, 0.2) is 53.6 Å². The number of nitrogens with zero attached hydrogens (tertiary/aromatic N) is 2. The molecule has 1 aromatic heterocycles. The van der Waals surface area contributed by atoms with E-state index in [0.717, 1.165) is 47.5 Å². The van der Waals surface area contributed by atoms with E-state index in [1.54, 1.807) is 13.3 Å². The molecule has 0 fully saturated rings. The van der Waals surface area contributed by atoms with Gasteiger partial charge < -0.3 is 15.0 Å². The number of hydrogen-bond donors (Lipinski definition) is 2. The zero-order valence-electron chi connectivity index (χ0n) is 21.1. The highest BCUT2D eigenvalue weighted by Crippen LogP contribution is 2.38. The highest BCUT2D eigenvalue weighted by Gasteiger charge is 2.21. The van der Waals surface area contributed by atoms with Gasteiger partial charge in [-0.25, -0.2) is 9.78 Å². The largest absolute Gasteiger partial charge is 0.481 e. The molecule has 0 aliphatic heterocycles. The molecule has 0 saturated heterocycles. The highest BCUT2D eigenvalue weighted by atomic mass is 32.2. The average molecular weight is 491 g/mol. The lowest BCUT2D eigenvalue weighted by Crippen LogP contribution is -2.24. The third-order valence-electron chi connectivity index (χ3n) is 6.26. The molecular formula is C28H34N4O2S. The summed E-state index contributed by atoms with van der Waals surface area (Å²) < 4.78 is 8.30. The molecule has 3 aromatic rings. The summed E-state index contributed by atoms with van der Waals surface area (Å²) in [6.07, 6.45) is 4.82. The topological polar surface area (TPSA) is 66.5 Å². The Bertz CT molecular complexity index is 1210. The van der Waals surface area contributed by atoms with Gasteiger partial charge in [0, 0.05) is 29.3 Å². The van der Waals surface area contributed by atoms with Crippen molar-refractivity contribution in [2.45, 2.75) is 50.5 Å². The Morgan fingerprint density at radius 3 is 2.71 bits per heavy atom. The van der Waals surface area contributed by atoms with Crippen molar-refractivity contribution in [2.24, 2.45) is 0 Å². The van der Waals surface area contributed by atoms with E-state index in [4.69, 9.17) is 4.74 Å². The van der Waals surface area contributed by atoms with Gasteiger partial charge in [0.25, 0.3) is 0 Å². The molecule has 2 N–H and O–H groups in total. The van der Waals surface area contributed by atoms with Crippen molar-refractivity contribution in [3.8, 4) is 17.0 Å². The standard InChI is InChI=1S/C28H34N4O2S/c1-18(2)23-12-10-22(15-21(23)17-32(3)4)35-31-28(33)30-27-24-8-6-7-19(24)9-11-25(27)20-13-14-29-26(16-20)34-5/h9-16,18H,6-8,17H2,1-5H3,(H2,30,31,33). The number of fused-ring (bicyclic) bond motifs is 1. The molecule has 1 aliphatic carbocycles.